The van der Waals surface area contributed by atoms with Crippen LogP contribution in [0, 0.1) is 25.2 Å². The standard InChI is InChI=1S/C15H15N3O2/c1-11-7-12(2)9-13(8-11)10-18-14(19)3-5-17(6-4-16)15(18)20/h3,5,7-9H,6,10H2,1-2H3. The van der Waals surface area contributed by atoms with E-state index >= 15 is 0 Å². The molecule has 0 bridgehead atoms. The fraction of sp³-hybridized carbons (Fsp3) is 0.267. The minimum Gasteiger partial charge on any atom is -0.287 e. The molecule has 0 fully saturated rings. The van der Waals surface area contributed by atoms with Crippen LogP contribution in [0.5, 0.6) is 0 Å². The van der Waals surface area contributed by atoms with Crippen molar-refractivity contribution in [2.24, 2.45) is 0 Å². The second-order valence-corrected chi connectivity index (χ2v) is 4.80. The van der Waals surface area contributed by atoms with Crippen molar-refractivity contribution in [3.63, 3.8) is 0 Å². The minimum atomic E-state index is -0.460. The zero-order chi connectivity index (χ0) is 14.7. The van der Waals surface area contributed by atoms with Gasteiger partial charge in [0.25, 0.3) is 5.56 Å². The fourth-order valence-corrected chi connectivity index (χ4v) is 2.24. The van der Waals surface area contributed by atoms with Crippen LogP contribution in [0.2, 0.25) is 0 Å². The molecule has 1 heterocycles. The topological polar surface area (TPSA) is 67.8 Å². The van der Waals surface area contributed by atoms with Crippen LogP contribution in [-0.4, -0.2) is 9.13 Å². The van der Waals surface area contributed by atoms with Crippen molar-refractivity contribution in [3.05, 3.63) is 68.0 Å². The van der Waals surface area contributed by atoms with Gasteiger partial charge < -0.3 is 0 Å². The van der Waals surface area contributed by atoms with Gasteiger partial charge in [0.15, 0.2) is 0 Å². The fourth-order valence-electron chi connectivity index (χ4n) is 2.24. The van der Waals surface area contributed by atoms with Gasteiger partial charge in [0.1, 0.15) is 6.54 Å². The lowest BCUT2D eigenvalue weighted by molar-refractivity contribution is 0.620. The van der Waals surface area contributed by atoms with Gasteiger partial charge in [0.05, 0.1) is 12.6 Å². The van der Waals surface area contributed by atoms with Crippen molar-refractivity contribution in [2.75, 3.05) is 0 Å². The average molecular weight is 269 g/mol. The van der Waals surface area contributed by atoms with Crippen molar-refractivity contribution in [1.29, 1.82) is 5.26 Å². The summed E-state index contributed by atoms with van der Waals surface area (Å²) in [7, 11) is 0. The molecular weight excluding hydrogens is 254 g/mol. The number of hydrogen-bond donors (Lipinski definition) is 0. The lowest BCUT2D eigenvalue weighted by Crippen LogP contribution is -2.39. The molecule has 0 radical (unpaired) electrons. The molecule has 5 heteroatoms. The molecule has 2 rings (SSSR count). The third kappa shape index (κ3) is 2.86. The molecule has 0 N–H and O–H groups in total. The second kappa shape index (κ2) is 5.57. The second-order valence-electron chi connectivity index (χ2n) is 4.80. The molecule has 1 aromatic carbocycles. The molecule has 0 aliphatic heterocycles. The van der Waals surface area contributed by atoms with Gasteiger partial charge in [-0.2, -0.15) is 5.26 Å². The van der Waals surface area contributed by atoms with Crippen molar-refractivity contribution in [3.8, 4) is 6.07 Å². The molecule has 0 unspecified atom stereocenters. The van der Waals surface area contributed by atoms with Gasteiger partial charge in [-0.05, 0) is 19.4 Å². The van der Waals surface area contributed by atoms with Crippen molar-refractivity contribution < 1.29 is 0 Å². The first-order chi connectivity index (χ1) is 9.51. The van der Waals surface area contributed by atoms with E-state index in [0.717, 1.165) is 21.3 Å². The number of aryl methyl sites for hydroxylation is 2. The van der Waals surface area contributed by atoms with E-state index < -0.39 is 5.69 Å². The number of benzene rings is 1. The third-order valence-corrected chi connectivity index (χ3v) is 3.00. The predicted molar refractivity (Wildman–Crippen MR) is 75.6 cm³/mol. The van der Waals surface area contributed by atoms with E-state index in [1.54, 1.807) is 0 Å². The first-order valence-corrected chi connectivity index (χ1v) is 6.25. The summed E-state index contributed by atoms with van der Waals surface area (Å²) < 4.78 is 2.37. The Hall–Kier alpha value is -2.61. The summed E-state index contributed by atoms with van der Waals surface area (Å²) in [6, 6.07) is 9.13. The highest BCUT2D eigenvalue weighted by atomic mass is 16.2. The molecule has 20 heavy (non-hydrogen) atoms. The van der Waals surface area contributed by atoms with E-state index in [2.05, 4.69) is 0 Å². The predicted octanol–water partition coefficient (Wildman–Crippen LogP) is 1.20. The van der Waals surface area contributed by atoms with E-state index in [9.17, 15) is 9.59 Å². The number of nitrogens with zero attached hydrogens (tertiary/aromatic N) is 3. The van der Waals surface area contributed by atoms with Gasteiger partial charge >= 0.3 is 5.69 Å². The SMILES string of the molecule is Cc1cc(C)cc(Cn2c(=O)ccn(CC#N)c2=O)c1. The van der Waals surface area contributed by atoms with E-state index in [1.165, 1.54) is 16.8 Å². The average Bonchev–Trinajstić information content (AvgIpc) is 2.37. The van der Waals surface area contributed by atoms with Crippen LogP contribution in [0.3, 0.4) is 0 Å². The maximum absolute atomic E-state index is 12.1. The van der Waals surface area contributed by atoms with Crippen LogP contribution in [0.15, 0.2) is 40.1 Å². The summed E-state index contributed by atoms with van der Waals surface area (Å²) in [5, 5.41) is 8.67. The Balaban J connectivity index is 2.48. The molecule has 0 atom stereocenters. The van der Waals surface area contributed by atoms with Crippen LogP contribution in [0.4, 0.5) is 0 Å². The summed E-state index contributed by atoms with van der Waals surface area (Å²) in [6.07, 6.45) is 1.35. The molecule has 0 amide bonds. The van der Waals surface area contributed by atoms with Crippen LogP contribution in [0.1, 0.15) is 16.7 Å². The Labute approximate surface area is 116 Å². The van der Waals surface area contributed by atoms with Crippen molar-refractivity contribution in [1.82, 2.24) is 9.13 Å². The summed E-state index contributed by atoms with van der Waals surface area (Å²) in [6.45, 7) is 4.09. The van der Waals surface area contributed by atoms with Crippen molar-refractivity contribution in [2.45, 2.75) is 26.9 Å². The van der Waals surface area contributed by atoms with Crippen LogP contribution < -0.4 is 11.2 Å². The van der Waals surface area contributed by atoms with Crippen LogP contribution >= 0.6 is 0 Å². The lowest BCUT2D eigenvalue weighted by Gasteiger charge is -2.09. The highest BCUT2D eigenvalue weighted by Gasteiger charge is 2.06. The largest absolute Gasteiger partial charge is 0.332 e. The van der Waals surface area contributed by atoms with Crippen molar-refractivity contribution >= 4 is 0 Å². The molecule has 2 aromatic rings. The quantitative estimate of drug-likeness (QED) is 0.840. The van der Waals surface area contributed by atoms with E-state index in [0.29, 0.717) is 0 Å². The molecule has 0 aliphatic rings. The van der Waals surface area contributed by atoms with Crippen LogP contribution in [0.25, 0.3) is 0 Å². The van der Waals surface area contributed by atoms with Gasteiger partial charge in [0, 0.05) is 12.3 Å². The summed E-state index contributed by atoms with van der Waals surface area (Å²) in [5.74, 6) is 0. The summed E-state index contributed by atoms with van der Waals surface area (Å²) in [4.78, 5) is 24.0. The molecular formula is C15H15N3O2. The molecule has 5 nitrogen and oxygen atoms in total. The Morgan fingerprint density at radius 1 is 1.15 bits per heavy atom. The molecule has 102 valence electrons. The van der Waals surface area contributed by atoms with Gasteiger partial charge in [-0.3, -0.25) is 13.9 Å². The van der Waals surface area contributed by atoms with E-state index in [1.807, 2.05) is 38.1 Å². The maximum atomic E-state index is 12.1. The van der Waals surface area contributed by atoms with Gasteiger partial charge in [-0.15, -0.1) is 0 Å². The molecule has 1 aromatic heterocycles. The van der Waals surface area contributed by atoms with E-state index in [-0.39, 0.29) is 18.6 Å². The molecule has 0 aliphatic carbocycles. The zero-order valence-electron chi connectivity index (χ0n) is 11.5. The Kier molecular flexibility index (Phi) is 3.85. The summed E-state index contributed by atoms with van der Waals surface area (Å²) >= 11 is 0. The Morgan fingerprint density at radius 2 is 1.80 bits per heavy atom. The molecule has 0 saturated carbocycles. The monoisotopic (exact) mass is 269 g/mol. The highest BCUT2D eigenvalue weighted by Crippen LogP contribution is 2.09. The Morgan fingerprint density at radius 3 is 2.40 bits per heavy atom. The summed E-state index contributed by atoms with van der Waals surface area (Å²) in [5.41, 5.74) is 2.25. The van der Waals surface area contributed by atoms with E-state index in [4.69, 9.17) is 5.26 Å². The van der Waals surface area contributed by atoms with Crippen LogP contribution in [-0.2, 0) is 13.1 Å². The number of rotatable bonds is 3. The highest BCUT2D eigenvalue weighted by molar-refractivity contribution is 5.28. The number of hydrogen-bond acceptors (Lipinski definition) is 3. The third-order valence-electron chi connectivity index (χ3n) is 3.00. The molecule has 0 spiro atoms. The normalized spacial score (nSPS) is 10.2. The number of aromatic nitrogens is 2. The Bertz CT molecular complexity index is 774. The minimum absolute atomic E-state index is 0.0635. The first-order valence-electron chi connectivity index (χ1n) is 6.25. The van der Waals surface area contributed by atoms with Gasteiger partial charge in [-0.25, -0.2) is 4.79 Å². The maximum Gasteiger partial charge on any atom is 0.332 e. The van der Waals surface area contributed by atoms with Gasteiger partial charge in [-0.1, -0.05) is 29.3 Å². The number of nitriles is 1. The lowest BCUT2D eigenvalue weighted by atomic mass is 10.1. The smallest absolute Gasteiger partial charge is 0.287 e. The zero-order valence-corrected chi connectivity index (χ0v) is 11.5. The van der Waals surface area contributed by atoms with Gasteiger partial charge in [0.2, 0.25) is 0 Å². The molecule has 0 saturated heterocycles. The first kappa shape index (κ1) is 13.8.